The van der Waals surface area contributed by atoms with Gasteiger partial charge in [-0.05, 0) is 36.3 Å². The first-order valence-corrected chi connectivity index (χ1v) is 6.90. The molecule has 1 N–H and O–H groups in total. The number of hydrogen-bond donors (Lipinski definition) is 1. The van der Waals surface area contributed by atoms with E-state index in [1.54, 1.807) is 0 Å². The highest BCUT2D eigenvalue weighted by atomic mass is 14.8. The second-order valence-electron chi connectivity index (χ2n) is 4.67. The van der Waals surface area contributed by atoms with Crippen LogP contribution in [0.2, 0.25) is 0 Å². The fraction of sp³-hybridized carbons (Fsp3) is 0.625. The van der Waals surface area contributed by atoms with E-state index >= 15 is 0 Å². The van der Waals surface area contributed by atoms with Crippen molar-refractivity contribution in [2.24, 2.45) is 11.8 Å². The molecule has 0 aliphatic rings. The number of hydrogen-bond acceptors (Lipinski definition) is 1. The minimum atomic E-state index is 0.784. The topological polar surface area (TPSA) is 12.0 Å². The fourth-order valence-corrected chi connectivity index (χ4v) is 1.70. The predicted molar refractivity (Wildman–Crippen MR) is 79.7 cm³/mol. The first-order chi connectivity index (χ1) is 8.15. The Morgan fingerprint density at radius 2 is 1.65 bits per heavy atom. The SMILES string of the molecule is CC.CNc1ccccc1CCC(C)C(C)C. The van der Waals surface area contributed by atoms with Crippen LogP contribution in [0.3, 0.4) is 0 Å². The lowest BCUT2D eigenvalue weighted by molar-refractivity contribution is 0.393. The van der Waals surface area contributed by atoms with Gasteiger partial charge in [0.25, 0.3) is 0 Å². The summed E-state index contributed by atoms with van der Waals surface area (Å²) < 4.78 is 0. The zero-order chi connectivity index (χ0) is 13.3. The van der Waals surface area contributed by atoms with Crippen LogP contribution in [-0.4, -0.2) is 7.05 Å². The highest BCUT2D eigenvalue weighted by molar-refractivity contribution is 5.50. The van der Waals surface area contributed by atoms with Crippen molar-refractivity contribution in [2.75, 3.05) is 12.4 Å². The maximum Gasteiger partial charge on any atom is 0.0370 e. The van der Waals surface area contributed by atoms with Gasteiger partial charge in [-0.25, -0.2) is 0 Å². The Labute approximate surface area is 108 Å². The van der Waals surface area contributed by atoms with Gasteiger partial charge in [0.1, 0.15) is 0 Å². The number of para-hydroxylation sites is 1. The van der Waals surface area contributed by atoms with Crippen LogP contribution in [0.5, 0.6) is 0 Å². The first kappa shape index (κ1) is 16.0. The van der Waals surface area contributed by atoms with Crippen molar-refractivity contribution in [3.63, 3.8) is 0 Å². The van der Waals surface area contributed by atoms with E-state index in [-0.39, 0.29) is 0 Å². The molecule has 1 rings (SSSR count). The minimum absolute atomic E-state index is 0.784. The van der Waals surface area contributed by atoms with Crippen LogP contribution in [-0.2, 0) is 6.42 Å². The molecule has 1 aromatic rings. The van der Waals surface area contributed by atoms with E-state index in [2.05, 4.69) is 50.4 Å². The normalized spacial score (nSPS) is 11.7. The molecule has 0 saturated carbocycles. The molecule has 0 saturated heterocycles. The Hall–Kier alpha value is -0.980. The quantitative estimate of drug-likeness (QED) is 0.759. The lowest BCUT2D eigenvalue weighted by Crippen LogP contribution is -2.06. The zero-order valence-corrected chi connectivity index (χ0v) is 12.4. The minimum Gasteiger partial charge on any atom is -0.388 e. The van der Waals surface area contributed by atoms with Gasteiger partial charge in [-0.3, -0.25) is 0 Å². The maximum atomic E-state index is 3.25. The lowest BCUT2D eigenvalue weighted by Gasteiger charge is -2.16. The number of nitrogens with one attached hydrogen (secondary N) is 1. The largest absolute Gasteiger partial charge is 0.388 e. The standard InChI is InChI=1S/C14H23N.C2H6/c1-11(2)12(3)9-10-13-7-5-6-8-14(13)15-4;1-2/h5-8,11-12,15H,9-10H2,1-4H3;1-2H3. The zero-order valence-electron chi connectivity index (χ0n) is 12.4. The molecule has 0 aliphatic carbocycles. The van der Waals surface area contributed by atoms with Crippen LogP contribution >= 0.6 is 0 Å². The molecule has 1 heteroatoms. The number of benzene rings is 1. The Balaban J connectivity index is 0.00000121. The molecule has 0 aliphatic heterocycles. The Bertz CT molecular complexity index is 291. The van der Waals surface area contributed by atoms with Crippen molar-refractivity contribution in [3.05, 3.63) is 29.8 Å². The van der Waals surface area contributed by atoms with E-state index in [1.165, 1.54) is 24.1 Å². The molecule has 17 heavy (non-hydrogen) atoms. The van der Waals surface area contributed by atoms with Gasteiger partial charge >= 0.3 is 0 Å². The van der Waals surface area contributed by atoms with Crippen LogP contribution < -0.4 is 5.32 Å². The summed E-state index contributed by atoms with van der Waals surface area (Å²) in [5.74, 6) is 1.58. The third kappa shape index (κ3) is 5.76. The first-order valence-electron chi connectivity index (χ1n) is 6.90. The van der Waals surface area contributed by atoms with Gasteiger partial charge in [-0.1, -0.05) is 52.8 Å². The molecular weight excluding hydrogens is 206 g/mol. The summed E-state index contributed by atoms with van der Waals surface area (Å²) in [6.07, 6.45) is 2.45. The highest BCUT2D eigenvalue weighted by Crippen LogP contribution is 2.21. The lowest BCUT2D eigenvalue weighted by atomic mass is 9.91. The van der Waals surface area contributed by atoms with E-state index in [0.717, 1.165) is 11.8 Å². The average molecular weight is 235 g/mol. The molecule has 0 radical (unpaired) electrons. The Morgan fingerprint density at radius 1 is 1.06 bits per heavy atom. The molecule has 98 valence electrons. The highest BCUT2D eigenvalue weighted by Gasteiger charge is 2.08. The van der Waals surface area contributed by atoms with Gasteiger partial charge < -0.3 is 5.32 Å². The summed E-state index contributed by atoms with van der Waals surface area (Å²) in [5.41, 5.74) is 2.71. The molecule has 1 nitrogen and oxygen atoms in total. The van der Waals surface area contributed by atoms with Crippen LogP contribution in [0.25, 0.3) is 0 Å². The summed E-state index contributed by atoms with van der Waals surface area (Å²) in [6, 6.07) is 8.58. The van der Waals surface area contributed by atoms with Crippen LogP contribution in [0.1, 0.15) is 46.6 Å². The van der Waals surface area contributed by atoms with E-state index < -0.39 is 0 Å². The summed E-state index contributed by atoms with van der Waals surface area (Å²) in [6.45, 7) is 10.9. The van der Waals surface area contributed by atoms with E-state index in [0.29, 0.717) is 0 Å². The summed E-state index contributed by atoms with van der Waals surface area (Å²) >= 11 is 0. The van der Waals surface area contributed by atoms with E-state index in [4.69, 9.17) is 0 Å². The third-order valence-electron chi connectivity index (χ3n) is 3.29. The average Bonchev–Trinajstić information content (AvgIpc) is 2.38. The molecule has 1 unspecified atom stereocenters. The summed E-state index contributed by atoms with van der Waals surface area (Å²) in [4.78, 5) is 0. The molecule has 0 aromatic heterocycles. The van der Waals surface area contributed by atoms with Gasteiger partial charge in [-0.2, -0.15) is 0 Å². The number of anilines is 1. The van der Waals surface area contributed by atoms with Crippen LogP contribution in [0.4, 0.5) is 5.69 Å². The second-order valence-corrected chi connectivity index (χ2v) is 4.67. The maximum absolute atomic E-state index is 3.25. The monoisotopic (exact) mass is 235 g/mol. The van der Waals surface area contributed by atoms with Gasteiger partial charge in [0.05, 0.1) is 0 Å². The Kier molecular flexibility index (Phi) is 8.57. The number of rotatable bonds is 5. The van der Waals surface area contributed by atoms with Crippen LogP contribution in [0.15, 0.2) is 24.3 Å². The number of aryl methyl sites for hydroxylation is 1. The molecule has 0 fully saturated rings. The van der Waals surface area contributed by atoms with Crippen molar-refractivity contribution in [3.8, 4) is 0 Å². The second kappa shape index (κ2) is 9.09. The van der Waals surface area contributed by atoms with Crippen molar-refractivity contribution in [1.82, 2.24) is 0 Å². The van der Waals surface area contributed by atoms with Gasteiger partial charge in [0.15, 0.2) is 0 Å². The predicted octanol–water partition coefficient (Wildman–Crippen LogP) is 4.98. The molecular formula is C16H29N. The molecule has 0 spiro atoms. The summed E-state index contributed by atoms with van der Waals surface area (Å²) in [5, 5.41) is 3.25. The van der Waals surface area contributed by atoms with E-state index in [9.17, 15) is 0 Å². The molecule has 0 bridgehead atoms. The molecule has 0 amide bonds. The van der Waals surface area contributed by atoms with Crippen molar-refractivity contribution >= 4 is 5.69 Å². The Morgan fingerprint density at radius 3 is 2.18 bits per heavy atom. The van der Waals surface area contributed by atoms with Gasteiger partial charge in [-0.15, -0.1) is 0 Å². The third-order valence-corrected chi connectivity index (χ3v) is 3.29. The molecule has 1 aromatic carbocycles. The van der Waals surface area contributed by atoms with Gasteiger partial charge in [0, 0.05) is 12.7 Å². The van der Waals surface area contributed by atoms with Crippen molar-refractivity contribution < 1.29 is 0 Å². The summed E-state index contributed by atoms with van der Waals surface area (Å²) in [7, 11) is 1.99. The fourth-order valence-electron chi connectivity index (χ4n) is 1.70. The molecule has 1 atom stereocenters. The van der Waals surface area contributed by atoms with E-state index in [1.807, 2.05) is 20.9 Å². The van der Waals surface area contributed by atoms with Gasteiger partial charge in [0.2, 0.25) is 0 Å². The smallest absolute Gasteiger partial charge is 0.0370 e. The van der Waals surface area contributed by atoms with Crippen LogP contribution in [0, 0.1) is 11.8 Å². The van der Waals surface area contributed by atoms with Crippen molar-refractivity contribution in [2.45, 2.75) is 47.5 Å². The van der Waals surface area contributed by atoms with Crippen molar-refractivity contribution in [1.29, 1.82) is 0 Å². The molecule has 0 heterocycles.